The molecule has 0 N–H and O–H groups in total. The summed E-state index contributed by atoms with van der Waals surface area (Å²) in [6.45, 7) is 23.9. The molecule has 0 aliphatic carbocycles. The quantitative estimate of drug-likeness (QED) is 0.621. The summed E-state index contributed by atoms with van der Waals surface area (Å²) >= 11 is 0. The lowest BCUT2D eigenvalue weighted by Crippen LogP contribution is -2.41. The van der Waals surface area contributed by atoms with E-state index in [4.69, 9.17) is 0 Å². The summed E-state index contributed by atoms with van der Waals surface area (Å²) in [6, 6.07) is 10.1. The number of hydrogen-bond donors (Lipinski definition) is 0. The molecule has 1 rings (SSSR count). The fraction of sp³-hybridized carbons (Fsp3) is 0.556. The van der Waals surface area contributed by atoms with Crippen LogP contribution in [0.15, 0.2) is 30.8 Å². The summed E-state index contributed by atoms with van der Waals surface area (Å²) in [4.78, 5) is 0. The Bertz CT molecular complexity index is 485. The van der Waals surface area contributed by atoms with Crippen LogP contribution in [0, 0.1) is 0 Å². The molecule has 1 aromatic carbocycles. The van der Waals surface area contributed by atoms with Crippen molar-refractivity contribution >= 4 is 26.9 Å². The van der Waals surface area contributed by atoms with Gasteiger partial charge in [0.25, 0.3) is 0 Å². The van der Waals surface area contributed by atoms with E-state index in [0.29, 0.717) is 5.04 Å². The van der Waals surface area contributed by atoms with Crippen LogP contribution >= 0.6 is 0 Å². The van der Waals surface area contributed by atoms with Gasteiger partial charge >= 0.3 is 0 Å². The molecular weight excluding hydrogens is 272 g/mol. The van der Waals surface area contributed by atoms with Gasteiger partial charge in [0.2, 0.25) is 0 Å². The second-order valence-corrected chi connectivity index (χ2v) is 19.4. The number of benzene rings is 1. The van der Waals surface area contributed by atoms with E-state index in [1.54, 1.807) is 5.19 Å². The summed E-state index contributed by atoms with van der Waals surface area (Å²) < 4.78 is 0. The first-order valence-corrected chi connectivity index (χ1v) is 14.3. The van der Waals surface area contributed by atoms with Crippen LogP contribution in [-0.2, 0) is 0 Å². The Labute approximate surface area is 128 Å². The van der Waals surface area contributed by atoms with Gasteiger partial charge in [0, 0.05) is 0 Å². The zero-order valence-corrected chi connectivity index (χ0v) is 16.7. The van der Waals surface area contributed by atoms with Crippen molar-refractivity contribution in [1.82, 2.24) is 0 Å². The third-order valence-electron chi connectivity index (χ3n) is 4.80. The van der Waals surface area contributed by atoms with Gasteiger partial charge in [-0.15, -0.1) is 0 Å². The Morgan fingerprint density at radius 1 is 1.00 bits per heavy atom. The molecular formula is C18H32Si2. The highest BCUT2D eigenvalue weighted by molar-refractivity contribution is 6.89. The van der Waals surface area contributed by atoms with E-state index < -0.39 is 16.1 Å². The summed E-state index contributed by atoms with van der Waals surface area (Å²) in [7, 11) is -2.62. The predicted octanol–water partition coefficient (Wildman–Crippen LogP) is 5.75. The second kappa shape index (κ2) is 5.65. The van der Waals surface area contributed by atoms with E-state index >= 15 is 0 Å². The predicted molar refractivity (Wildman–Crippen MR) is 100 cm³/mol. The maximum atomic E-state index is 4.45. The van der Waals surface area contributed by atoms with Crippen molar-refractivity contribution in [2.24, 2.45) is 0 Å². The smallest absolute Gasteiger partial charge is 0.0783 e. The maximum Gasteiger partial charge on any atom is 0.0783 e. The van der Waals surface area contributed by atoms with Gasteiger partial charge in [-0.3, -0.25) is 0 Å². The molecule has 0 bridgehead atoms. The summed E-state index contributed by atoms with van der Waals surface area (Å²) in [6.07, 6.45) is 0. The van der Waals surface area contributed by atoms with Crippen molar-refractivity contribution < 1.29 is 0 Å². The van der Waals surface area contributed by atoms with Crippen LogP contribution in [-0.4, -0.2) is 16.1 Å². The highest BCUT2D eigenvalue weighted by atomic mass is 28.3. The van der Waals surface area contributed by atoms with Crippen LogP contribution in [0.25, 0.3) is 5.57 Å². The molecule has 0 atom stereocenters. The van der Waals surface area contributed by atoms with Crippen LogP contribution in [0.5, 0.6) is 0 Å². The number of rotatable bonds is 4. The molecule has 0 radical (unpaired) electrons. The summed E-state index contributed by atoms with van der Waals surface area (Å²) in [5.74, 6) is 0. The molecule has 112 valence electrons. The van der Waals surface area contributed by atoms with E-state index in [-0.39, 0.29) is 0 Å². The maximum absolute atomic E-state index is 4.45. The monoisotopic (exact) mass is 304 g/mol. The summed E-state index contributed by atoms with van der Waals surface area (Å²) in [5, 5.41) is 1.98. The van der Waals surface area contributed by atoms with Gasteiger partial charge in [0.05, 0.1) is 16.1 Å². The average Bonchev–Trinajstić information content (AvgIpc) is 2.25. The fourth-order valence-corrected chi connectivity index (χ4v) is 5.79. The first-order valence-electron chi connectivity index (χ1n) is 7.64. The van der Waals surface area contributed by atoms with Gasteiger partial charge < -0.3 is 0 Å². The largest absolute Gasteiger partial charge is 0.0955 e. The minimum atomic E-state index is -1.32. The van der Waals surface area contributed by atoms with E-state index in [0.717, 1.165) is 0 Å². The number of allylic oxidation sites excluding steroid dienone is 1. The van der Waals surface area contributed by atoms with Crippen molar-refractivity contribution in [2.75, 3.05) is 0 Å². The van der Waals surface area contributed by atoms with Crippen molar-refractivity contribution in [1.29, 1.82) is 0 Å². The van der Waals surface area contributed by atoms with Gasteiger partial charge in [-0.05, 0) is 16.6 Å². The third-order valence-corrected chi connectivity index (χ3v) is 12.2. The lowest BCUT2D eigenvalue weighted by molar-refractivity contribution is 0.720. The molecule has 0 fully saturated rings. The molecule has 0 aliphatic heterocycles. The van der Waals surface area contributed by atoms with Crippen LogP contribution in [0.1, 0.15) is 26.3 Å². The molecule has 0 amide bonds. The van der Waals surface area contributed by atoms with Crippen molar-refractivity contribution in [2.45, 2.75) is 64.6 Å². The van der Waals surface area contributed by atoms with Gasteiger partial charge in [-0.2, -0.15) is 0 Å². The minimum absolute atomic E-state index is 0.421. The number of hydrogen-bond acceptors (Lipinski definition) is 0. The minimum Gasteiger partial charge on any atom is -0.0955 e. The van der Waals surface area contributed by atoms with Crippen molar-refractivity contribution in [3.8, 4) is 0 Å². The van der Waals surface area contributed by atoms with E-state index in [2.05, 4.69) is 84.4 Å². The van der Waals surface area contributed by atoms with E-state index in [1.165, 1.54) is 17.2 Å². The first-order chi connectivity index (χ1) is 8.86. The Kier molecular flexibility index (Phi) is 4.93. The molecule has 0 unspecified atom stereocenters. The Morgan fingerprint density at radius 3 is 1.95 bits per heavy atom. The van der Waals surface area contributed by atoms with Gasteiger partial charge in [0.15, 0.2) is 0 Å². The molecule has 20 heavy (non-hydrogen) atoms. The van der Waals surface area contributed by atoms with E-state index in [1.807, 2.05) is 0 Å². The molecule has 0 saturated heterocycles. The van der Waals surface area contributed by atoms with Gasteiger partial charge in [0.1, 0.15) is 0 Å². The molecule has 2 heteroatoms. The topological polar surface area (TPSA) is 0 Å². The lowest BCUT2D eigenvalue weighted by atomic mass is 10.1. The van der Waals surface area contributed by atoms with Crippen LogP contribution in [0.4, 0.5) is 0 Å². The molecule has 0 nitrogen and oxygen atoms in total. The average molecular weight is 305 g/mol. The van der Waals surface area contributed by atoms with Gasteiger partial charge in [-0.1, -0.05) is 95.1 Å². The van der Waals surface area contributed by atoms with Gasteiger partial charge in [-0.25, -0.2) is 0 Å². The Morgan fingerprint density at radius 2 is 1.50 bits per heavy atom. The molecule has 0 aliphatic rings. The van der Waals surface area contributed by atoms with Crippen LogP contribution in [0.3, 0.4) is 0 Å². The van der Waals surface area contributed by atoms with Crippen LogP contribution < -0.4 is 5.19 Å². The van der Waals surface area contributed by atoms with Crippen molar-refractivity contribution in [3.63, 3.8) is 0 Å². The molecule has 0 saturated carbocycles. The standard InChI is InChI=1S/C18H32Si2/c1-15(14-20(8,9)18(2,3)4)16-12-10-11-13-17(16)19(5,6)7/h10-13H,1,14H2,2-9H3. The zero-order valence-electron chi connectivity index (χ0n) is 14.7. The second-order valence-electron chi connectivity index (χ2n) is 8.71. The van der Waals surface area contributed by atoms with Crippen molar-refractivity contribution in [3.05, 3.63) is 36.4 Å². The lowest BCUT2D eigenvalue weighted by Gasteiger charge is -2.38. The highest BCUT2D eigenvalue weighted by Gasteiger charge is 2.35. The molecule has 1 aromatic rings. The highest BCUT2D eigenvalue weighted by Crippen LogP contribution is 2.41. The Balaban J connectivity index is 3.12. The third kappa shape index (κ3) is 3.95. The molecule has 0 aromatic heterocycles. The summed E-state index contributed by atoms with van der Waals surface area (Å²) in [5.41, 5.74) is 2.78. The zero-order chi connectivity index (χ0) is 15.8. The van der Waals surface area contributed by atoms with E-state index in [9.17, 15) is 0 Å². The van der Waals surface area contributed by atoms with Crippen LogP contribution in [0.2, 0.25) is 43.8 Å². The SMILES string of the molecule is C=C(C[Si](C)(C)C(C)(C)C)c1ccccc1[Si](C)(C)C. The normalized spacial score (nSPS) is 13.4. The Hall–Kier alpha value is -0.606. The first kappa shape index (κ1) is 17.4. The molecule has 0 heterocycles. The fourth-order valence-electron chi connectivity index (χ4n) is 2.34. The molecule has 0 spiro atoms.